The Morgan fingerprint density at radius 3 is 2.26 bits per heavy atom. The molecular weight excluding hydrogens is 280 g/mol. The molecule has 2 heteroatoms. The lowest BCUT2D eigenvalue weighted by molar-refractivity contribution is 0.533. The summed E-state index contributed by atoms with van der Waals surface area (Å²) in [5.41, 5.74) is 7.14. The van der Waals surface area contributed by atoms with E-state index in [0.717, 1.165) is 28.8 Å². The standard InChI is InChI=1S/C21H28N2/c1-13-9-8-10-15-18(13)22-16-12-11-14(20(2,3)4)17(19(16)23-15)21(5,6)7/h8,10-13H,9H2,1-7H3. The maximum atomic E-state index is 5.06. The number of rotatable bonds is 0. The molecule has 1 aliphatic carbocycles. The number of benzene rings is 1. The van der Waals surface area contributed by atoms with Gasteiger partial charge in [0.1, 0.15) is 0 Å². The van der Waals surface area contributed by atoms with Gasteiger partial charge in [0.15, 0.2) is 0 Å². The molecule has 1 heterocycles. The Hall–Kier alpha value is -1.70. The van der Waals surface area contributed by atoms with Crippen molar-refractivity contribution in [3.05, 3.63) is 40.7 Å². The lowest BCUT2D eigenvalue weighted by Gasteiger charge is -2.31. The number of aromatic nitrogens is 2. The molecule has 0 saturated carbocycles. The van der Waals surface area contributed by atoms with Crippen LogP contribution in [-0.2, 0) is 10.8 Å². The molecule has 2 aromatic rings. The van der Waals surface area contributed by atoms with Crippen molar-refractivity contribution in [2.75, 3.05) is 0 Å². The Balaban J connectivity index is 2.40. The quantitative estimate of drug-likeness (QED) is 0.619. The smallest absolute Gasteiger partial charge is 0.0934 e. The average molecular weight is 308 g/mol. The summed E-state index contributed by atoms with van der Waals surface area (Å²) in [6, 6.07) is 4.41. The highest BCUT2D eigenvalue weighted by atomic mass is 14.8. The van der Waals surface area contributed by atoms with Gasteiger partial charge in [-0.3, -0.25) is 0 Å². The van der Waals surface area contributed by atoms with Crippen LogP contribution < -0.4 is 0 Å². The fourth-order valence-corrected chi connectivity index (χ4v) is 3.51. The second-order valence-corrected chi connectivity index (χ2v) is 8.89. The van der Waals surface area contributed by atoms with Gasteiger partial charge >= 0.3 is 0 Å². The zero-order chi connectivity index (χ0) is 17.0. The topological polar surface area (TPSA) is 25.8 Å². The van der Waals surface area contributed by atoms with Crippen LogP contribution in [0.15, 0.2) is 18.2 Å². The van der Waals surface area contributed by atoms with Gasteiger partial charge in [-0.25, -0.2) is 9.97 Å². The predicted octanol–water partition coefficient (Wildman–Crippen LogP) is 5.75. The molecule has 23 heavy (non-hydrogen) atoms. The van der Waals surface area contributed by atoms with Crippen LogP contribution >= 0.6 is 0 Å². The molecule has 2 nitrogen and oxygen atoms in total. The fourth-order valence-electron chi connectivity index (χ4n) is 3.51. The van der Waals surface area contributed by atoms with E-state index in [1.165, 1.54) is 11.1 Å². The van der Waals surface area contributed by atoms with Crippen LogP contribution in [0.2, 0.25) is 0 Å². The van der Waals surface area contributed by atoms with Gasteiger partial charge in [0.25, 0.3) is 0 Å². The van der Waals surface area contributed by atoms with Crippen molar-refractivity contribution >= 4 is 17.1 Å². The molecule has 122 valence electrons. The van der Waals surface area contributed by atoms with E-state index >= 15 is 0 Å². The van der Waals surface area contributed by atoms with Crippen molar-refractivity contribution in [3.8, 4) is 0 Å². The van der Waals surface area contributed by atoms with Gasteiger partial charge in [0.2, 0.25) is 0 Å². The maximum absolute atomic E-state index is 5.06. The number of allylic oxidation sites excluding steroid dienone is 1. The number of hydrogen-bond acceptors (Lipinski definition) is 2. The first-order valence-corrected chi connectivity index (χ1v) is 8.61. The summed E-state index contributed by atoms with van der Waals surface area (Å²) >= 11 is 0. The zero-order valence-corrected chi connectivity index (χ0v) is 15.5. The minimum Gasteiger partial charge on any atom is -0.249 e. The summed E-state index contributed by atoms with van der Waals surface area (Å²) in [6.45, 7) is 15.9. The van der Waals surface area contributed by atoms with E-state index < -0.39 is 0 Å². The normalized spacial score (nSPS) is 18.3. The van der Waals surface area contributed by atoms with Crippen LogP contribution in [0.4, 0.5) is 0 Å². The van der Waals surface area contributed by atoms with E-state index in [-0.39, 0.29) is 10.8 Å². The van der Waals surface area contributed by atoms with Gasteiger partial charge in [0, 0.05) is 5.92 Å². The number of hydrogen-bond donors (Lipinski definition) is 0. The van der Waals surface area contributed by atoms with Crippen LogP contribution in [0.5, 0.6) is 0 Å². The molecule has 1 unspecified atom stereocenters. The van der Waals surface area contributed by atoms with Crippen LogP contribution in [0.3, 0.4) is 0 Å². The van der Waals surface area contributed by atoms with E-state index in [2.05, 4.69) is 72.8 Å². The minimum atomic E-state index is 0.0367. The Morgan fingerprint density at radius 1 is 0.957 bits per heavy atom. The largest absolute Gasteiger partial charge is 0.249 e. The predicted molar refractivity (Wildman–Crippen MR) is 99.0 cm³/mol. The number of nitrogens with zero attached hydrogens (tertiary/aromatic N) is 2. The Kier molecular flexibility index (Phi) is 3.62. The fraction of sp³-hybridized carbons (Fsp3) is 0.524. The van der Waals surface area contributed by atoms with E-state index in [1.807, 2.05) is 0 Å². The van der Waals surface area contributed by atoms with Crippen molar-refractivity contribution < 1.29 is 0 Å². The van der Waals surface area contributed by atoms with E-state index in [9.17, 15) is 0 Å². The lowest BCUT2D eigenvalue weighted by Crippen LogP contribution is -2.23. The molecule has 1 aromatic carbocycles. The first-order chi connectivity index (χ1) is 10.6. The Labute approximate surface area is 140 Å². The van der Waals surface area contributed by atoms with Crippen molar-refractivity contribution in [1.82, 2.24) is 9.97 Å². The van der Waals surface area contributed by atoms with Crippen LogP contribution in [0.25, 0.3) is 17.1 Å². The highest BCUT2D eigenvalue weighted by Crippen LogP contribution is 2.39. The molecule has 0 N–H and O–H groups in total. The molecule has 0 fully saturated rings. The Bertz CT molecular complexity index is 786. The summed E-state index contributed by atoms with van der Waals surface area (Å²) in [4.78, 5) is 10.0. The van der Waals surface area contributed by atoms with Crippen molar-refractivity contribution in [3.63, 3.8) is 0 Å². The molecule has 0 amide bonds. The summed E-state index contributed by atoms with van der Waals surface area (Å²) in [6.07, 6.45) is 5.41. The van der Waals surface area contributed by atoms with Gasteiger partial charge in [-0.2, -0.15) is 0 Å². The highest BCUT2D eigenvalue weighted by Gasteiger charge is 2.29. The van der Waals surface area contributed by atoms with E-state index in [1.54, 1.807) is 0 Å². The van der Waals surface area contributed by atoms with Crippen LogP contribution in [0.1, 0.15) is 83.3 Å². The molecule has 0 bridgehead atoms. The first kappa shape index (κ1) is 16.2. The molecule has 3 rings (SSSR count). The minimum absolute atomic E-state index is 0.0367. The molecular formula is C21H28N2. The van der Waals surface area contributed by atoms with Crippen molar-refractivity contribution in [2.24, 2.45) is 0 Å². The van der Waals surface area contributed by atoms with Crippen molar-refractivity contribution in [2.45, 2.75) is 71.6 Å². The SMILES string of the molecule is CC1CC=Cc2nc3c(C(C)(C)C)c(C(C)(C)C)ccc3nc21. The van der Waals surface area contributed by atoms with Gasteiger partial charge in [-0.15, -0.1) is 0 Å². The summed E-state index contributed by atoms with van der Waals surface area (Å²) in [5.74, 6) is 0.451. The maximum Gasteiger partial charge on any atom is 0.0934 e. The Morgan fingerprint density at radius 2 is 1.65 bits per heavy atom. The molecule has 0 spiro atoms. The monoisotopic (exact) mass is 308 g/mol. The van der Waals surface area contributed by atoms with Gasteiger partial charge < -0.3 is 0 Å². The third-order valence-corrected chi connectivity index (χ3v) is 4.68. The molecule has 1 atom stereocenters. The molecule has 0 aliphatic heterocycles. The molecule has 1 aromatic heterocycles. The lowest BCUT2D eigenvalue weighted by atomic mass is 9.74. The summed E-state index contributed by atoms with van der Waals surface area (Å²) < 4.78 is 0. The third kappa shape index (κ3) is 2.80. The van der Waals surface area contributed by atoms with Gasteiger partial charge in [0.05, 0.1) is 22.4 Å². The summed E-state index contributed by atoms with van der Waals surface area (Å²) in [5, 5.41) is 0. The average Bonchev–Trinajstić information content (AvgIpc) is 2.42. The number of fused-ring (bicyclic) bond motifs is 2. The highest BCUT2D eigenvalue weighted by molar-refractivity contribution is 5.82. The summed E-state index contributed by atoms with van der Waals surface area (Å²) in [7, 11) is 0. The third-order valence-electron chi connectivity index (χ3n) is 4.68. The van der Waals surface area contributed by atoms with Crippen LogP contribution in [0, 0.1) is 0 Å². The molecule has 0 saturated heterocycles. The van der Waals surface area contributed by atoms with E-state index in [0.29, 0.717) is 5.92 Å². The van der Waals surface area contributed by atoms with Crippen LogP contribution in [-0.4, -0.2) is 9.97 Å². The van der Waals surface area contributed by atoms with Gasteiger partial charge in [-0.1, -0.05) is 60.6 Å². The van der Waals surface area contributed by atoms with E-state index in [4.69, 9.17) is 9.97 Å². The second-order valence-electron chi connectivity index (χ2n) is 8.89. The molecule has 0 radical (unpaired) electrons. The first-order valence-electron chi connectivity index (χ1n) is 8.61. The second kappa shape index (κ2) is 5.15. The zero-order valence-electron chi connectivity index (χ0n) is 15.5. The molecule has 1 aliphatic rings. The van der Waals surface area contributed by atoms with Gasteiger partial charge in [-0.05, 0) is 40.5 Å². The van der Waals surface area contributed by atoms with Crippen molar-refractivity contribution in [1.29, 1.82) is 0 Å².